The van der Waals surface area contributed by atoms with E-state index in [0.29, 0.717) is 11.4 Å². The highest BCUT2D eigenvalue weighted by molar-refractivity contribution is 7.92. The van der Waals surface area contributed by atoms with Crippen LogP contribution in [0.25, 0.3) is 0 Å². The van der Waals surface area contributed by atoms with E-state index in [1.54, 1.807) is 6.92 Å². The third-order valence-electron chi connectivity index (χ3n) is 4.40. The standard InChI is InChI=1S/C20H16N8O4S/c1-13-18(20(30)28(26-13)19(29)14-6-9-21-10-7-14)25-24-15-2-4-16(5-3-15)33(31,32)27-17-8-11-22-12-23-17/h2-12,26H,1H3,(H,22,23,27). The Morgan fingerprint density at radius 1 is 1.00 bits per heavy atom. The Morgan fingerprint density at radius 3 is 2.36 bits per heavy atom. The summed E-state index contributed by atoms with van der Waals surface area (Å²) in [6, 6.07) is 9.94. The number of azo groups is 1. The van der Waals surface area contributed by atoms with Gasteiger partial charge in [-0.25, -0.2) is 18.4 Å². The van der Waals surface area contributed by atoms with E-state index in [1.807, 2.05) is 0 Å². The lowest BCUT2D eigenvalue weighted by Crippen LogP contribution is -2.25. The summed E-state index contributed by atoms with van der Waals surface area (Å²) in [4.78, 5) is 36.5. The first kappa shape index (κ1) is 21.7. The largest absolute Gasteiger partial charge is 0.302 e. The number of carbonyl (C=O) groups is 1. The monoisotopic (exact) mass is 464 g/mol. The molecule has 0 bridgehead atoms. The summed E-state index contributed by atoms with van der Waals surface area (Å²) in [6.45, 7) is 1.58. The number of carbonyl (C=O) groups excluding carboxylic acids is 1. The van der Waals surface area contributed by atoms with Crippen LogP contribution in [0, 0.1) is 6.92 Å². The Kier molecular flexibility index (Phi) is 5.87. The fourth-order valence-electron chi connectivity index (χ4n) is 2.77. The summed E-state index contributed by atoms with van der Waals surface area (Å²) < 4.78 is 28.1. The quantitative estimate of drug-likeness (QED) is 0.414. The minimum atomic E-state index is -3.86. The first-order valence-electron chi connectivity index (χ1n) is 9.42. The molecule has 0 fully saturated rings. The van der Waals surface area contributed by atoms with Gasteiger partial charge in [-0.3, -0.25) is 24.4 Å². The van der Waals surface area contributed by atoms with E-state index >= 15 is 0 Å². The summed E-state index contributed by atoms with van der Waals surface area (Å²) in [5.41, 5.74) is 0.234. The highest BCUT2D eigenvalue weighted by Gasteiger charge is 2.18. The number of rotatable bonds is 6. The number of hydrogen-bond acceptors (Lipinski definition) is 9. The molecule has 4 aromatic rings. The Morgan fingerprint density at radius 2 is 1.70 bits per heavy atom. The van der Waals surface area contributed by atoms with Crippen LogP contribution in [-0.4, -0.2) is 39.1 Å². The zero-order chi connectivity index (χ0) is 23.4. The molecule has 12 nitrogen and oxygen atoms in total. The maximum absolute atomic E-state index is 12.6. The summed E-state index contributed by atoms with van der Waals surface area (Å²) in [5, 5.41) is 10.6. The van der Waals surface area contributed by atoms with Crippen LogP contribution < -0.4 is 10.3 Å². The van der Waals surface area contributed by atoms with Gasteiger partial charge in [0.25, 0.3) is 15.9 Å². The van der Waals surface area contributed by atoms with Crippen molar-refractivity contribution >= 4 is 33.1 Å². The summed E-state index contributed by atoms with van der Waals surface area (Å²) in [7, 11) is -3.86. The molecule has 13 heteroatoms. The molecule has 0 amide bonds. The van der Waals surface area contributed by atoms with Crippen molar-refractivity contribution in [2.24, 2.45) is 10.2 Å². The van der Waals surface area contributed by atoms with E-state index in [1.165, 1.54) is 67.4 Å². The molecular weight excluding hydrogens is 448 g/mol. The van der Waals surface area contributed by atoms with Crippen LogP contribution in [-0.2, 0) is 10.0 Å². The van der Waals surface area contributed by atoms with E-state index in [4.69, 9.17) is 0 Å². The zero-order valence-electron chi connectivity index (χ0n) is 17.1. The van der Waals surface area contributed by atoms with Gasteiger partial charge >= 0.3 is 5.56 Å². The highest BCUT2D eigenvalue weighted by atomic mass is 32.2. The van der Waals surface area contributed by atoms with Crippen molar-refractivity contribution in [2.45, 2.75) is 11.8 Å². The van der Waals surface area contributed by atoms with Crippen LogP contribution in [0.1, 0.15) is 16.1 Å². The molecule has 0 unspecified atom stereocenters. The third-order valence-corrected chi connectivity index (χ3v) is 5.77. The smallest absolute Gasteiger partial charge is 0.290 e. The molecule has 2 N–H and O–H groups in total. The number of hydrogen-bond donors (Lipinski definition) is 2. The minimum absolute atomic E-state index is 0.0109. The van der Waals surface area contributed by atoms with Crippen molar-refractivity contribution < 1.29 is 13.2 Å². The fourth-order valence-corrected chi connectivity index (χ4v) is 3.78. The van der Waals surface area contributed by atoms with Gasteiger partial charge in [-0.1, -0.05) is 0 Å². The number of nitrogens with one attached hydrogen (secondary N) is 2. The Labute approximate surface area is 187 Å². The molecule has 4 rings (SSSR count). The lowest BCUT2D eigenvalue weighted by atomic mass is 10.2. The average molecular weight is 464 g/mol. The summed E-state index contributed by atoms with van der Waals surface area (Å²) >= 11 is 0. The van der Waals surface area contributed by atoms with Crippen molar-refractivity contribution in [3.8, 4) is 0 Å². The number of aromatic nitrogens is 5. The van der Waals surface area contributed by atoms with Gasteiger partial charge in [-0.05, 0) is 49.4 Å². The SMILES string of the molecule is Cc1[nH]n(C(=O)c2ccncc2)c(=O)c1N=Nc1ccc(S(=O)(=O)Nc2ccncn2)cc1. The second-order valence-electron chi connectivity index (χ2n) is 6.66. The highest BCUT2D eigenvalue weighted by Crippen LogP contribution is 2.21. The zero-order valence-corrected chi connectivity index (χ0v) is 17.9. The lowest BCUT2D eigenvalue weighted by molar-refractivity contribution is 0.0941. The summed E-state index contributed by atoms with van der Waals surface area (Å²) in [6.07, 6.45) is 5.53. The number of H-pyrrole nitrogens is 1. The van der Waals surface area contributed by atoms with Gasteiger partial charge in [0, 0.05) is 24.2 Å². The van der Waals surface area contributed by atoms with Crippen LogP contribution in [0.5, 0.6) is 0 Å². The maximum atomic E-state index is 12.6. The second kappa shape index (κ2) is 8.92. The third kappa shape index (κ3) is 4.72. The van der Waals surface area contributed by atoms with Crippen molar-refractivity contribution in [3.63, 3.8) is 0 Å². The normalized spacial score (nSPS) is 11.5. The predicted octanol–water partition coefficient (Wildman–Crippen LogP) is 2.57. The fraction of sp³-hybridized carbons (Fsp3) is 0.0500. The molecule has 0 radical (unpaired) electrons. The maximum Gasteiger partial charge on any atom is 0.302 e. The number of sulfonamides is 1. The van der Waals surface area contributed by atoms with Crippen LogP contribution in [0.3, 0.4) is 0 Å². The van der Waals surface area contributed by atoms with E-state index in [9.17, 15) is 18.0 Å². The molecule has 166 valence electrons. The average Bonchev–Trinajstić information content (AvgIpc) is 3.11. The summed E-state index contributed by atoms with van der Waals surface area (Å²) in [5.74, 6) is -0.424. The Bertz CT molecular complexity index is 1480. The Balaban J connectivity index is 1.54. The topological polar surface area (TPSA) is 164 Å². The van der Waals surface area contributed by atoms with Crippen molar-refractivity contribution in [2.75, 3.05) is 4.72 Å². The van der Waals surface area contributed by atoms with E-state index in [0.717, 1.165) is 4.68 Å². The van der Waals surface area contributed by atoms with E-state index < -0.39 is 21.5 Å². The van der Waals surface area contributed by atoms with Crippen molar-refractivity contribution in [1.29, 1.82) is 0 Å². The molecular formula is C20H16N8O4S. The molecule has 3 aromatic heterocycles. The molecule has 0 aliphatic heterocycles. The molecule has 3 heterocycles. The van der Waals surface area contributed by atoms with E-state index in [2.05, 4.69) is 35.0 Å². The first-order valence-corrected chi connectivity index (χ1v) is 10.9. The number of benzene rings is 1. The molecule has 33 heavy (non-hydrogen) atoms. The minimum Gasteiger partial charge on any atom is -0.290 e. The predicted molar refractivity (Wildman–Crippen MR) is 117 cm³/mol. The molecule has 0 aliphatic rings. The number of aryl methyl sites for hydroxylation is 1. The Hall–Kier alpha value is -4.52. The number of aromatic amines is 1. The molecule has 0 spiro atoms. The van der Waals surface area contributed by atoms with Crippen LogP contribution >= 0.6 is 0 Å². The van der Waals surface area contributed by atoms with Gasteiger partial charge in [0.2, 0.25) is 0 Å². The second-order valence-corrected chi connectivity index (χ2v) is 8.34. The van der Waals surface area contributed by atoms with Crippen LogP contribution in [0.4, 0.5) is 17.2 Å². The van der Waals surface area contributed by atoms with Crippen LogP contribution in [0.15, 0.2) is 87.3 Å². The van der Waals surface area contributed by atoms with Gasteiger partial charge < -0.3 is 0 Å². The van der Waals surface area contributed by atoms with Crippen LogP contribution in [0.2, 0.25) is 0 Å². The molecule has 1 aromatic carbocycles. The van der Waals surface area contributed by atoms with Gasteiger partial charge in [0.15, 0.2) is 5.69 Å². The molecule has 0 atom stereocenters. The molecule has 0 aliphatic carbocycles. The first-order chi connectivity index (χ1) is 15.8. The van der Waals surface area contributed by atoms with Gasteiger partial charge in [0.1, 0.15) is 12.1 Å². The number of pyridine rings is 1. The molecule has 0 saturated heterocycles. The number of anilines is 1. The van der Waals surface area contributed by atoms with Gasteiger partial charge in [0.05, 0.1) is 16.3 Å². The van der Waals surface area contributed by atoms with Gasteiger partial charge in [-0.2, -0.15) is 9.80 Å². The van der Waals surface area contributed by atoms with Crippen molar-refractivity contribution in [1.82, 2.24) is 24.7 Å². The molecule has 0 saturated carbocycles. The van der Waals surface area contributed by atoms with E-state index in [-0.39, 0.29) is 22.0 Å². The number of nitrogens with zero attached hydrogens (tertiary/aromatic N) is 6. The lowest BCUT2D eigenvalue weighted by Gasteiger charge is -2.06. The van der Waals surface area contributed by atoms with Crippen molar-refractivity contribution in [3.05, 3.63) is 89.0 Å². The van der Waals surface area contributed by atoms with Gasteiger partial charge in [-0.15, -0.1) is 5.11 Å².